The smallest absolute Gasteiger partial charge is 0.240 e. The highest BCUT2D eigenvalue weighted by molar-refractivity contribution is 8.32. The number of nitrogens with zero attached hydrogens (tertiary/aromatic N) is 4. The van der Waals surface area contributed by atoms with Crippen molar-refractivity contribution >= 4 is 21.8 Å². The number of aromatic nitrogens is 4. The van der Waals surface area contributed by atoms with Crippen molar-refractivity contribution in [2.45, 2.75) is 63.7 Å². The van der Waals surface area contributed by atoms with Crippen molar-refractivity contribution in [3.8, 4) is 33.6 Å². The fraction of sp³-hybridized carbons (Fsp3) is 0.429. The van der Waals surface area contributed by atoms with Crippen LogP contribution in [0.4, 0.5) is 0 Å². The van der Waals surface area contributed by atoms with Crippen LogP contribution >= 0.6 is 10.0 Å². The number of hydrogen-bond acceptors (Lipinski definition) is 6. The lowest BCUT2D eigenvalue weighted by Crippen LogP contribution is -2.43. The lowest BCUT2D eigenvalue weighted by atomic mass is 10.0. The number of rotatable bonds is 9. The molecule has 2 aliphatic heterocycles. The van der Waals surface area contributed by atoms with E-state index in [1.807, 2.05) is 36.0 Å². The van der Waals surface area contributed by atoms with Gasteiger partial charge in [0.25, 0.3) is 0 Å². The van der Waals surface area contributed by atoms with Gasteiger partial charge in [0, 0.05) is 12.3 Å². The average molecular weight is 643 g/mol. The summed E-state index contributed by atoms with van der Waals surface area (Å²) in [5.74, 6) is 3.32. The molecule has 0 aliphatic carbocycles. The molecule has 0 spiro atoms. The summed E-state index contributed by atoms with van der Waals surface area (Å²) in [6.45, 7) is 4.60. The molecule has 4 atom stereocenters. The topological polar surface area (TPSA) is 150 Å². The van der Waals surface area contributed by atoms with Crippen LogP contribution in [0.15, 0.2) is 60.9 Å². The highest BCUT2D eigenvalue weighted by atomic mass is 32.3. The normalized spacial score (nSPS) is 21.3. The van der Waals surface area contributed by atoms with Gasteiger partial charge in [0.15, 0.2) is 0 Å². The zero-order chi connectivity index (χ0) is 32.6. The molecule has 2 amide bonds. The van der Waals surface area contributed by atoms with E-state index in [0.29, 0.717) is 12.8 Å². The van der Waals surface area contributed by atoms with E-state index in [-0.39, 0.29) is 23.9 Å². The van der Waals surface area contributed by atoms with Crippen molar-refractivity contribution < 1.29 is 9.59 Å². The highest BCUT2D eigenvalue weighted by Gasteiger charge is 2.41. The van der Waals surface area contributed by atoms with Gasteiger partial charge < -0.3 is 31.2 Å². The average Bonchev–Trinajstić information content (AvgIpc) is 3.89. The van der Waals surface area contributed by atoms with Crippen LogP contribution in [0.5, 0.6) is 0 Å². The minimum Gasteiger partial charge on any atom is -0.340 e. The van der Waals surface area contributed by atoms with Gasteiger partial charge in [0.1, 0.15) is 11.6 Å². The van der Waals surface area contributed by atoms with Crippen LogP contribution in [0.2, 0.25) is 0 Å². The number of amides is 2. The Labute approximate surface area is 272 Å². The summed E-state index contributed by atoms with van der Waals surface area (Å²) >= 11 is 0. The minimum absolute atomic E-state index is 0.000732. The molecule has 2 aliphatic rings. The van der Waals surface area contributed by atoms with E-state index in [1.54, 1.807) is 0 Å². The number of likely N-dealkylation sites (tertiary alicyclic amines) is 1. The first-order chi connectivity index (χ1) is 22.1. The van der Waals surface area contributed by atoms with E-state index in [1.165, 1.54) is 0 Å². The summed E-state index contributed by atoms with van der Waals surface area (Å²) in [6, 6.07) is 15.8. The van der Waals surface area contributed by atoms with E-state index in [0.717, 1.165) is 76.3 Å². The number of benzene rings is 2. The van der Waals surface area contributed by atoms with Crippen LogP contribution in [0, 0.1) is 0 Å². The lowest BCUT2D eigenvalue weighted by Gasteiger charge is -2.27. The quantitative estimate of drug-likeness (QED) is 0.198. The first kappa shape index (κ1) is 32.0. The summed E-state index contributed by atoms with van der Waals surface area (Å²) < 4.78 is 0. The van der Waals surface area contributed by atoms with Crippen LogP contribution in [-0.2, 0) is 9.59 Å². The van der Waals surface area contributed by atoms with Gasteiger partial charge in [-0.1, -0.05) is 62.4 Å². The summed E-state index contributed by atoms with van der Waals surface area (Å²) in [5.41, 5.74) is 18.3. The number of carbonyl (C=O) groups excluding carboxylic acids is 2. The van der Waals surface area contributed by atoms with Gasteiger partial charge >= 0.3 is 0 Å². The molecule has 46 heavy (non-hydrogen) atoms. The van der Waals surface area contributed by atoms with E-state index >= 15 is 0 Å². The van der Waals surface area contributed by atoms with Gasteiger partial charge in [-0.15, -0.1) is 0 Å². The van der Waals surface area contributed by atoms with Crippen LogP contribution in [0.1, 0.15) is 63.3 Å². The van der Waals surface area contributed by atoms with Gasteiger partial charge in [-0.2, -0.15) is 0 Å². The largest absolute Gasteiger partial charge is 0.340 e. The van der Waals surface area contributed by atoms with Crippen molar-refractivity contribution in [2.24, 2.45) is 11.5 Å². The first-order valence-electron chi connectivity index (χ1n) is 16.2. The minimum atomic E-state index is -0.939. The molecule has 2 aromatic carbocycles. The maximum atomic E-state index is 13.1. The zero-order valence-corrected chi connectivity index (χ0v) is 28.0. The molecular formula is C35H46N8O2S. The molecule has 0 unspecified atom stereocenters. The van der Waals surface area contributed by atoms with E-state index in [2.05, 4.69) is 76.0 Å². The van der Waals surface area contributed by atoms with Crippen LogP contribution in [-0.4, -0.2) is 84.3 Å². The van der Waals surface area contributed by atoms with E-state index in [4.69, 9.17) is 16.5 Å². The Morgan fingerprint density at radius 1 is 0.783 bits per heavy atom. The highest BCUT2D eigenvalue weighted by Crippen LogP contribution is 2.52. The number of imidazole rings is 2. The number of nitrogens with two attached hydrogens (primary N) is 2. The molecule has 0 saturated carbocycles. The standard InChI is InChI=1S/C35H46N8O2S/c1-5-26(36)34(44)42-17-7-8-30(42)32-38-18-28(40-32)24-13-9-22(10-14-24)23-11-15-25(16-12-23)29-19-39-33(41-29)31-20-46(3,4)21-43(31)35(45)27(37)6-2/h9-16,18-19,26-27,30-31H,5-8,17,20-21,36-37H2,1-4H3,(H,38,40)(H,39,41)/t26-,27-,30-,31-/m0/s1. The Morgan fingerprint density at radius 3 is 1.74 bits per heavy atom. The second kappa shape index (κ2) is 13.1. The van der Waals surface area contributed by atoms with Gasteiger partial charge in [0.2, 0.25) is 11.8 Å². The van der Waals surface area contributed by atoms with Crippen molar-refractivity contribution in [2.75, 3.05) is 30.7 Å². The van der Waals surface area contributed by atoms with Gasteiger partial charge in [-0.05, 0) is 60.4 Å². The molecule has 2 fully saturated rings. The third-order valence-electron chi connectivity index (χ3n) is 9.35. The number of aromatic amines is 2. The fourth-order valence-electron chi connectivity index (χ4n) is 6.56. The molecule has 6 N–H and O–H groups in total. The SMILES string of the molecule is CC[C@H](N)C(=O)N1CCC[C@H]1c1ncc(-c2ccc(-c3ccc(-c4cnc([C@@H]5CS(C)(C)CN5C(=O)[C@@H](N)CC)[nH]4)cc3)cc2)[nH]1. The molecule has 0 bridgehead atoms. The predicted molar refractivity (Wildman–Crippen MR) is 186 cm³/mol. The van der Waals surface area contributed by atoms with Crippen molar-refractivity contribution in [1.82, 2.24) is 29.7 Å². The maximum absolute atomic E-state index is 13.1. The number of nitrogens with one attached hydrogen (secondary N) is 2. The van der Waals surface area contributed by atoms with Crippen LogP contribution in [0.25, 0.3) is 33.6 Å². The number of H-pyrrole nitrogens is 2. The molecule has 11 heteroatoms. The van der Waals surface area contributed by atoms with Gasteiger partial charge in [-0.3, -0.25) is 9.59 Å². The van der Waals surface area contributed by atoms with Crippen LogP contribution < -0.4 is 11.5 Å². The summed E-state index contributed by atoms with van der Waals surface area (Å²) in [7, 11) is -0.939. The Hall–Kier alpha value is -3.93. The maximum Gasteiger partial charge on any atom is 0.240 e. The number of hydrogen-bond donors (Lipinski definition) is 4. The van der Waals surface area contributed by atoms with Crippen molar-refractivity contribution in [3.63, 3.8) is 0 Å². The summed E-state index contributed by atoms with van der Waals surface area (Å²) in [4.78, 5) is 46.0. The molecule has 2 saturated heterocycles. The lowest BCUT2D eigenvalue weighted by molar-refractivity contribution is -0.134. The van der Waals surface area contributed by atoms with Gasteiger partial charge in [0.05, 0.1) is 53.8 Å². The molecular weight excluding hydrogens is 597 g/mol. The van der Waals surface area contributed by atoms with Crippen molar-refractivity contribution in [1.29, 1.82) is 0 Å². The molecule has 4 aromatic rings. The molecule has 2 aromatic heterocycles. The Balaban J connectivity index is 1.14. The Bertz CT molecular complexity index is 1680. The third kappa shape index (κ3) is 6.36. The summed E-state index contributed by atoms with van der Waals surface area (Å²) in [6.07, 6.45) is 11.3. The zero-order valence-electron chi connectivity index (χ0n) is 27.2. The molecule has 10 nitrogen and oxygen atoms in total. The molecule has 0 radical (unpaired) electrons. The first-order valence-corrected chi connectivity index (χ1v) is 19.0. The molecule has 244 valence electrons. The molecule has 6 rings (SSSR count). The Kier molecular flexibility index (Phi) is 9.09. The van der Waals surface area contributed by atoms with Crippen molar-refractivity contribution in [3.05, 3.63) is 72.6 Å². The predicted octanol–water partition coefficient (Wildman–Crippen LogP) is 5.18. The third-order valence-corrected chi connectivity index (χ3v) is 11.5. The second-order valence-corrected chi connectivity index (χ2v) is 17.3. The van der Waals surface area contributed by atoms with Crippen LogP contribution in [0.3, 0.4) is 0 Å². The fourth-order valence-corrected chi connectivity index (χ4v) is 8.92. The Morgan fingerprint density at radius 2 is 1.24 bits per heavy atom. The van der Waals surface area contributed by atoms with E-state index < -0.39 is 22.1 Å². The monoisotopic (exact) mass is 642 g/mol. The van der Waals surface area contributed by atoms with Gasteiger partial charge in [-0.25, -0.2) is 20.0 Å². The second-order valence-electron chi connectivity index (χ2n) is 13.1. The number of carbonyl (C=O) groups is 2. The molecule has 4 heterocycles. The summed E-state index contributed by atoms with van der Waals surface area (Å²) in [5, 5.41) is 0. The van der Waals surface area contributed by atoms with E-state index in [9.17, 15) is 9.59 Å².